The van der Waals surface area contributed by atoms with E-state index in [1.165, 1.54) is 6.07 Å². The second-order valence-electron chi connectivity index (χ2n) is 9.14. The number of nitrogens with zero attached hydrogens (tertiary/aromatic N) is 1. The number of amides is 1. The SMILES string of the molecule is CCCC(=O)c1ccc(CCCCC2CCN(C(=O)OC(C)(C)C)CC2)cc1F. The Morgan fingerprint density at radius 3 is 2.45 bits per heavy atom. The molecule has 0 unspecified atom stereocenters. The Hall–Kier alpha value is -1.91. The van der Waals surface area contributed by atoms with Crippen molar-refractivity contribution in [3.63, 3.8) is 0 Å². The van der Waals surface area contributed by atoms with Crippen LogP contribution in [0, 0.1) is 11.7 Å². The van der Waals surface area contributed by atoms with Gasteiger partial charge in [0.2, 0.25) is 0 Å². The number of hydrogen-bond donors (Lipinski definition) is 0. The summed E-state index contributed by atoms with van der Waals surface area (Å²) in [6.07, 6.45) is 7.01. The van der Waals surface area contributed by atoms with E-state index in [4.69, 9.17) is 4.74 Å². The summed E-state index contributed by atoms with van der Waals surface area (Å²) in [6.45, 7) is 9.11. The number of unbranched alkanes of at least 4 members (excludes halogenated alkanes) is 1. The molecule has 0 N–H and O–H groups in total. The van der Waals surface area contributed by atoms with Gasteiger partial charge in [0.1, 0.15) is 11.4 Å². The Kier molecular flexibility index (Phi) is 8.66. The molecule has 1 aliphatic heterocycles. The molecule has 1 aromatic carbocycles. The fourth-order valence-electron chi connectivity index (χ4n) is 3.79. The van der Waals surface area contributed by atoms with E-state index < -0.39 is 11.4 Å². The van der Waals surface area contributed by atoms with Crippen LogP contribution in [0.4, 0.5) is 9.18 Å². The quantitative estimate of drug-likeness (QED) is 0.384. The zero-order valence-corrected chi connectivity index (χ0v) is 18.4. The summed E-state index contributed by atoms with van der Waals surface area (Å²) in [5, 5.41) is 0. The summed E-state index contributed by atoms with van der Waals surface area (Å²) in [7, 11) is 0. The number of likely N-dealkylation sites (tertiary alicyclic amines) is 1. The van der Waals surface area contributed by atoms with Crippen molar-refractivity contribution in [2.45, 2.75) is 84.7 Å². The maximum absolute atomic E-state index is 14.2. The van der Waals surface area contributed by atoms with E-state index in [1.807, 2.05) is 38.7 Å². The average molecular weight is 406 g/mol. The number of ether oxygens (including phenoxy) is 1. The lowest BCUT2D eigenvalue weighted by molar-refractivity contribution is 0.0180. The first-order valence-electron chi connectivity index (χ1n) is 11.0. The van der Waals surface area contributed by atoms with Gasteiger partial charge in [-0.25, -0.2) is 9.18 Å². The number of carbonyl (C=O) groups excluding carboxylic acids is 2. The number of halogens is 1. The van der Waals surface area contributed by atoms with Gasteiger partial charge in [0.15, 0.2) is 5.78 Å². The predicted molar refractivity (Wildman–Crippen MR) is 114 cm³/mol. The highest BCUT2D eigenvalue weighted by molar-refractivity contribution is 5.96. The lowest BCUT2D eigenvalue weighted by atomic mass is 9.91. The van der Waals surface area contributed by atoms with Crippen molar-refractivity contribution in [2.24, 2.45) is 5.92 Å². The van der Waals surface area contributed by atoms with Crippen molar-refractivity contribution in [3.05, 3.63) is 35.1 Å². The second kappa shape index (κ2) is 10.7. The first-order valence-corrected chi connectivity index (χ1v) is 11.0. The topological polar surface area (TPSA) is 46.6 Å². The first kappa shape index (κ1) is 23.4. The highest BCUT2D eigenvalue weighted by Gasteiger charge is 2.26. The Bertz CT molecular complexity index is 688. The van der Waals surface area contributed by atoms with Crippen molar-refractivity contribution in [1.82, 2.24) is 4.90 Å². The van der Waals surface area contributed by atoms with Gasteiger partial charge in [-0.2, -0.15) is 0 Å². The van der Waals surface area contributed by atoms with E-state index in [0.29, 0.717) is 12.3 Å². The number of Topliss-reactive ketones (excluding diaryl/α,β-unsaturated/α-hetero) is 1. The van der Waals surface area contributed by atoms with Gasteiger partial charge in [-0.1, -0.05) is 25.8 Å². The van der Waals surface area contributed by atoms with E-state index in [0.717, 1.165) is 63.6 Å². The summed E-state index contributed by atoms with van der Waals surface area (Å²) >= 11 is 0. The summed E-state index contributed by atoms with van der Waals surface area (Å²) in [4.78, 5) is 25.8. The van der Waals surface area contributed by atoms with Gasteiger partial charge in [-0.05, 0) is 76.5 Å². The molecular weight excluding hydrogens is 369 g/mol. The van der Waals surface area contributed by atoms with Gasteiger partial charge in [0.25, 0.3) is 0 Å². The van der Waals surface area contributed by atoms with Gasteiger partial charge in [-0.15, -0.1) is 0 Å². The molecule has 0 saturated carbocycles. The van der Waals surface area contributed by atoms with Crippen molar-refractivity contribution in [2.75, 3.05) is 13.1 Å². The number of hydrogen-bond acceptors (Lipinski definition) is 3. The Morgan fingerprint density at radius 2 is 1.86 bits per heavy atom. The third-order valence-corrected chi connectivity index (χ3v) is 5.41. The van der Waals surface area contributed by atoms with Crippen LogP contribution >= 0.6 is 0 Å². The van der Waals surface area contributed by atoms with Crippen molar-refractivity contribution in [1.29, 1.82) is 0 Å². The van der Waals surface area contributed by atoms with Crippen LogP contribution in [0.25, 0.3) is 0 Å². The molecule has 4 nitrogen and oxygen atoms in total. The van der Waals surface area contributed by atoms with Crippen LogP contribution in [0.2, 0.25) is 0 Å². The van der Waals surface area contributed by atoms with Crippen LogP contribution in [-0.4, -0.2) is 35.5 Å². The number of carbonyl (C=O) groups is 2. The maximum atomic E-state index is 14.2. The molecule has 1 aliphatic rings. The number of aryl methyl sites for hydroxylation is 1. The van der Waals surface area contributed by atoms with Crippen LogP contribution in [0.5, 0.6) is 0 Å². The highest BCUT2D eigenvalue weighted by atomic mass is 19.1. The lowest BCUT2D eigenvalue weighted by Crippen LogP contribution is -2.41. The molecule has 0 radical (unpaired) electrons. The fraction of sp³-hybridized carbons (Fsp3) is 0.667. The molecule has 29 heavy (non-hydrogen) atoms. The monoisotopic (exact) mass is 405 g/mol. The number of ketones is 1. The molecule has 1 aromatic rings. The van der Waals surface area contributed by atoms with Gasteiger partial charge in [0, 0.05) is 19.5 Å². The largest absolute Gasteiger partial charge is 0.444 e. The van der Waals surface area contributed by atoms with E-state index in [-0.39, 0.29) is 17.4 Å². The van der Waals surface area contributed by atoms with Gasteiger partial charge in [-0.3, -0.25) is 4.79 Å². The summed E-state index contributed by atoms with van der Waals surface area (Å²) in [5.74, 6) is 0.129. The minimum absolute atomic E-state index is 0.116. The smallest absolute Gasteiger partial charge is 0.410 e. The zero-order valence-electron chi connectivity index (χ0n) is 18.4. The molecule has 0 aliphatic carbocycles. The molecule has 2 rings (SSSR count). The van der Waals surface area contributed by atoms with Gasteiger partial charge >= 0.3 is 6.09 Å². The van der Waals surface area contributed by atoms with Crippen molar-refractivity contribution < 1.29 is 18.7 Å². The Labute approximate surface area is 174 Å². The third kappa shape index (κ3) is 7.79. The molecule has 162 valence electrons. The first-order chi connectivity index (χ1) is 13.7. The van der Waals surface area contributed by atoms with Crippen LogP contribution in [-0.2, 0) is 11.2 Å². The lowest BCUT2D eigenvalue weighted by Gasteiger charge is -2.33. The zero-order chi connectivity index (χ0) is 21.4. The van der Waals surface area contributed by atoms with Crippen LogP contribution in [0.3, 0.4) is 0 Å². The summed E-state index contributed by atoms with van der Waals surface area (Å²) in [5.41, 5.74) is 0.720. The fourth-order valence-corrected chi connectivity index (χ4v) is 3.79. The van der Waals surface area contributed by atoms with Crippen molar-refractivity contribution >= 4 is 11.9 Å². The molecule has 5 heteroatoms. The number of benzene rings is 1. The molecule has 0 atom stereocenters. The normalized spacial score (nSPS) is 15.4. The van der Waals surface area contributed by atoms with Gasteiger partial charge < -0.3 is 9.64 Å². The van der Waals surface area contributed by atoms with Crippen molar-refractivity contribution in [3.8, 4) is 0 Å². The molecule has 0 bridgehead atoms. The van der Waals surface area contributed by atoms with Gasteiger partial charge in [0.05, 0.1) is 5.56 Å². The van der Waals surface area contributed by atoms with E-state index in [9.17, 15) is 14.0 Å². The van der Waals surface area contributed by atoms with E-state index in [1.54, 1.807) is 6.07 Å². The molecule has 0 spiro atoms. The molecule has 1 amide bonds. The molecule has 1 saturated heterocycles. The van der Waals surface area contributed by atoms with E-state index in [2.05, 4.69) is 0 Å². The second-order valence-corrected chi connectivity index (χ2v) is 9.14. The van der Waals surface area contributed by atoms with Crippen LogP contribution in [0.1, 0.15) is 88.6 Å². The molecular formula is C24H36FNO3. The number of piperidine rings is 1. The predicted octanol–water partition coefficient (Wildman–Crippen LogP) is 6.17. The van der Waals surface area contributed by atoms with Crippen LogP contribution in [0.15, 0.2) is 18.2 Å². The number of rotatable bonds is 8. The Morgan fingerprint density at radius 1 is 1.17 bits per heavy atom. The highest BCUT2D eigenvalue weighted by Crippen LogP contribution is 2.24. The molecule has 1 heterocycles. The van der Waals surface area contributed by atoms with E-state index >= 15 is 0 Å². The Balaban J connectivity index is 1.68. The molecule has 0 aromatic heterocycles. The minimum Gasteiger partial charge on any atom is -0.444 e. The van der Waals surface area contributed by atoms with Crippen LogP contribution < -0.4 is 0 Å². The molecule has 1 fully saturated rings. The standard InChI is InChI=1S/C24H36FNO3/c1-5-8-22(27)20-12-11-19(17-21(20)25)10-7-6-9-18-13-15-26(16-14-18)23(28)29-24(2,3)4/h11-12,17-18H,5-10,13-16H2,1-4H3. The third-order valence-electron chi connectivity index (χ3n) is 5.41. The minimum atomic E-state index is -0.450. The average Bonchev–Trinajstić information content (AvgIpc) is 2.64. The summed E-state index contributed by atoms with van der Waals surface area (Å²) < 4.78 is 19.6. The summed E-state index contributed by atoms with van der Waals surface area (Å²) in [6, 6.07) is 5.03. The maximum Gasteiger partial charge on any atom is 0.410 e.